The first kappa shape index (κ1) is 16.5. The molecule has 128 valence electrons. The van der Waals surface area contributed by atoms with Crippen molar-refractivity contribution in [1.29, 1.82) is 0 Å². The molecule has 2 fully saturated rings. The number of carbonyl (C=O) groups is 2. The Morgan fingerprint density at radius 1 is 1.22 bits per heavy atom. The molecule has 6 heteroatoms. The predicted octanol–water partition coefficient (Wildman–Crippen LogP) is 1.26. The van der Waals surface area contributed by atoms with Crippen LogP contribution in [-0.2, 0) is 14.3 Å². The summed E-state index contributed by atoms with van der Waals surface area (Å²) in [5.74, 6) is -0.619. The van der Waals surface area contributed by atoms with Gasteiger partial charge in [-0.3, -0.25) is 14.5 Å². The van der Waals surface area contributed by atoms with Gasteiger partial charge in [0, 0.05) is 45.6 Å². The van der Waals surface area contributed by atoms with Gasteiger partial charge in [-0.15, -0.1) is 0 Å². The van der Waals surface area contributed by atoms with Crippen molar-refractivity contribution < 1.29 is 19.4 Å². The number of nitrogens with zero attached hydrogens (tertiary/aromatic N) is 2. The molecule has 1 atom stereocenters. The van der Waals surface area contributed by atoms with Crippen molar-refractivity contribution in [2.45, 2.75) is 44.1 Å². The van der Waals surface area contributed by atoms with E-state index in [1.807, 2.05) is 9.80 Å². The summed E-state index contributed by atoms with van der Waals surface area (Å²) in [4.78, 5) is 28.0. The number of piperazine rings is 1. The smallest absolute Gasteiger partial charge is 0.326 e. The number of carboxylic acids is 1. The lowest BCUT2D eigenvalue weighted by Gasteiger charge is -2.42. The molecule has 1 unspecified atom stereocenters. The van der Waals surface area contributed by atoms with Crippen LogP contribution < -0.4 is 0 Å². The van der Waals surface area contributed by atoms with Gasteiger partial charge >= 0.3 is 5.97 Å². The highest BCUT2D eigenvalue weighted by Gasteiger charge is 2.48. The van der Waals surface area contributed by atoms with Crippen molar-refractivity contribution >= 4 is 11.9 Å². The first-order valence-corrected chi connectivity index (χ1v) is 8.64. The number of carbonyl (C=O) groups excluding carboxylic acids is 1. The Morgan fingerprint density at radius 2 is 2.00 bits per heavy atom. The van der Waals surface area contributed by atoms with Gasteiger partial charge in [0.05, 0.1) is 6.61 Å². The summed E-state index contributed by atoms with van der Waals surface area (Å²) in [6.45, 7) is 3.20. The second-order valence-electron chi connectivity index (χ2n) is 6.79. The highest BCUT2D eigenvalue weighted by atomic mass is 16.5. The largest absolute Gasteiger partial charge is 0.480 e. The second kappa shape index (κ2) is 7.01. The zero-order valence-corrected chi connectivity index (χ0v) is 13.6. The van der Waals surface area contributed by atoms with E-state index in [0.29, 0.717) is 45.6 Å². The van der Waals surface area contributed by atoms with Gasteiger partial charge < -0.3 is 14.7 Å². The van der Waals surface area contributed by atoms with Crippen LogP contribution in [0.5, 0.6) is 0 Å². The predicted molar refractivity (Wildman–Crippen MR) is 85.1 cm³/mol. The Hall–Kier alpha value is -1.40. The molecule has 0 aromatic heterocycles. The van der Waals surface area contributed by atoms with Crippen LogP contribution in [0.15, 0.2) is 11.6 Å². The van der Waals surface area contributed by atoms with E-state index in [1.54, 1.807) is 0 Å². The Bertz CT molecular complexity index is 489. The van der Waals surface area contributed by atoms with Crippen LogP contribution in [0.3, 0.4) is 0 Å². The van der Waals surface area contributed by atoms with Crippen molar-refractivity contribution in [2.24, 2.45) is 0 Å². The van der Waals surface area contributed by atoms with Crippen molar-refractivity contribution in [1.82, 2.24) is 9.80 Å². The van der Waals surface area contributed by atoms with E-state index >= 15 is 0 Å². The summed E-state index contributed by atoms with van der Waals surface area (Å²) >= 11 is 0. The topological polar surface area (TPSA) is 70.1 Å². The molecule has 1 amide bonds. The van der Waals surface area contributed by atoms with E-state index in [-0.39, 0.29) is 12.5 Å². The van der Waals surface area contributed by atoms with Crippen LogP contribution in [0.25, 0.3) is 0 Å². The molecular weight excluding hydrogens is 296 g/mol. The van der Waals surface area contributed by atoms with Gasteiger partial charge in [0.2, 0.25) is 5.91 Å². The third-order valence-corrected chi connectivity index (χ3v) is 5.40. The molecule has 0 aromatic carbocycles. The maximum atomic E-state index is 12.4. The van der Waals surface area contributed by atoms with E-state index in [9.17, 15) is 14.7 Å². The summed E-state index contributed by atoms with van der Waals surface area (Å²) in [7, 11) is 0. The fourth-order valence-electron chi connectivity index (χ4n) is 3.86. The van der Waals surface area contributed by atoms with E-state index in [1.165, 1.54) is 18.4 Å². The third kappa shape index (κ3) is 3.43. The number of allylic oxidation sites excluding steroid dienone is 1. The first-order chi connectivity index (χ1) is 11.1. The van der Waals surface area contributed by atoms with Crippen LogP contribution >= 0.6 is 0 Å². The van der Waals surface area contributed by atoms with E-state index in [2.05, 4.69) is 6.08 Å². The molecule has 3 rings (SSSR count). The SMILES string of the molecule is O=C(CC1=CCCCC1)N1CCN(C2(C(=O)O)CCOC2)CC1. The molecule has 2 saturated heterocycles. The van der Waals surface area contributed by atoms with Gasteiger partial charge in [0.15, 0.2) is 0 Å². The minimum absolute atomic E-state index is 0.185. The second-order valence-corrected chi connectivity index (χ2v) is 6.79. The lowest BCUT2D eigenvalue weighted by atomic mass is 9.95. The van der Waals surface area contributed by atoms with Crippen LogP contribution in [0.4, 0.5) is 0 Å². The van der Waals surface area contributed by atoms with Gasteiger partial charge in [0.25, 0.3) is 0 Å². The molecule has 0 saturated carbocycles. The molecule has 23 heavy (non-hydrogen) atoms. The number of amides is 1. The summed E-state index contributed by atoms with van der Waals surface area (Å²) < 4.78 is 5.34. The fourth-order valence-corrected chi connectivity index (χ4v) is 3.86. The van der Waals surface area contributed by atoms with Gasteiger partial charge in [-0.05, 0) is 25.7 Å². The van der Waals surface area contributed by atoms with Crippen molar-refractivity contribution in [2.75, 3.05) is 39.4 Å². The monoisotopic (exact) mass is 322 g/mol. The average Bonchev–Trinajstić information content (AvgIpc) is 3.07. The molecular formula is C17H26N2O4. The summed E-state index contributed by atoms with van der Waals surface area (Å²) in [5, 5.41) is 9.60. The van der Waals surface area contributed by atoms with E-state index in [4.69, 9.17) is 4.74 Å². The van der Waals surface area contributed by atoms with Gasteiger partial charge in [-0.1, -0.05) is 11.6 Å². The molecule has 0 aromatic rings. The van der Waals surface area contributed by atoms with Crippen molar-refractivity contribution in [3.05, 3.63) is 11.6 Å². The highest BCUT2D eigenvalue weighted by Crippen LogP contribution is 2.28. The maximum absolute atomic E-state index is 12.4. The molecule has 6 nitrogen and oxygen atoms in total. The van der Waals surface area contributed by atoms with Crippen LogP contribution in [0.2, 0.25) is 0 Å². The number of aliphatic carboxylic acids is 1. The maximum Gasteiger partial charge on any atom is 0.326 e. The van der Waals surface area contributed by atoms with E-state index < -0.39 is 11.5 Å². The Morgan fingerprint density at radius 3 is 2.57 bits per heavy atom. The number of hydrogen-bond acceptors (Lipinski definition) is 4. The number of hydrogen-bond donors (Lipinski definition) is 1. The zero-order chi connectivity index (χ0) is 16.3. The Labute approximate surface area is 137 Å². The number of rotatable bonds is 4. The Balaban J connectivity index is 1.54. The minimum atomic E-state index is -0.888. The van der Waals surface area contributed by atoms with Crippen LogP contribution in [0.1, 0.15) is 38.5 Å². The lowest BCUT2D eigenvalue weighted by molar-refractivity contribution is -0.153. The molecule has 2 heterocycles. The lowest BCUT2D eigenvalue weighted by Crippen LogP contribution is -2.61. The zero-order valence-electron chi connectivity index (χ0n) is 13.6. The molecule has 1 aliphatic carbocycles. The quantitative estimate of drug-likeness (QED) is 0.789. The molecule has 0 bridgehead atoms. The molecule has 0 spiro atoms. The molecule has 0 radical (unpaired) electrons. The average molecular weight is 322 g/mol. The normalized spacial score (nSPS) is 29.4. The highest BCUT2D eigenvalue weighted by molar-refractivity contribution is 5.80. The summed E-state index contributed by atoms with van der Waals surface area (Å²) in [5.41, 5.74) is 0.385. The van der Waals surface area contributed by atoms with Crippen LogP contribution in [0, 0.1) is 0 Å². The summed E-state index contributed by atoms with van der Waals surface area (Å²) in [6, 6.07) is 0. The molecule has 3 aliphatic rings. The number of carboxylic acid groups (broad SMARTS) is 1. The number of ether oxygens (including phenoxy) is 1. The standard InChI is InChI=1S/C17H26N2O4/c20-15(12-14-4-2-1-3-5-14)18-7-9-19(10-8-18)17(16(21)22)6-11-23-13-17/h4H,1-3,5-13H2,(H,21,22). The van der Waals surface area contributed by atoms with E-state index in [0.717, 1.165) is 12.8 Å². The van der Waals surface area contributed by atoms with Gasteiger partial charge in [-0.25, -0.2) is 0 Å². The van der Waals surface area contributed by atoms with Crippen LogP contribution in [-0.4, -0.2) is 71.7 Å². The molecule has 2 aliphatic heterocycles. The van der Waals surface area contributed by atoms with Gasteiger partial charge in [-0.2, -0.15) is 0 Å². The fraction of sp³-hybridized carbons (Fsp3) is 0.765. The first-order valence-electron chi connectivity index (χ1n) is 8.64. The third-order valence-electron chi connectivity index (χ3n) is 5.40. The minimum Gasteiger partial charge on any atom is -0.480 e. The van der Waals surface area contributed by atoms with Crippen molar-refractivity contribution in [3.63, 3.8) is 0 Å². The summed E-state index contributed by atoms with van der Waals surface area (Å²) in [6.07, 6.45) is 7.84. The Kier molecular flexibility index (Phi) is 5.02. The van der Waals surface area contributed by atoms with Crippen molar-refractivity contribution in [3.8, 4) is 0 Å². The van der Waals surface area contributed by atoms with Gasteiger partial charge in [0.1, 0.15) is 5.54 Å². The molecule has 1 N–H and O–H groups in total.